The Morgan fingerprint density at radius 1 is 1.18 bits per heavy atom. The van der Waals surface area contributed by atoms with Gasteiger partial charge in [0.2, 0.25) is 0 Å². The molecular formula is C22H31IN4S. The first-order valence-electron chi connectivity index (χ1n) is 10.1. The highest BCUT2D eigenvalue weighted by Gasteiger charge is 2.37. The first-order chi connectivity index (χ1) is 13.3. The molecule has 0 bridgehead atoms. The van der Waals surface area contributed by atoms with Gasteiger partial charge < -0.3 is 10.6 Å². The second-order valence-electron chi connectivity index (χ2n) is 7.79. The van der Waals surface area contributed by atoms with Gasteiger partial charge >= 0.3 is 0 Å². The minimum atomic E-state index is 0. The molecule has 1 aromatic heterocycles. The lowest BCUT2D eigenvalue weighted by molar-refractivity contribution is 0.198. The molecule has 2 heterocycles. The quantitative estimate of drug-likeness (QED) is 0.346. The van der Waals surface area contributed by atoms with Gasteiger partial charge in [0.25, 0.3) is 0 Å². The zero-order valence-corrected chi connectivity index (χ0v) is 19.7. The van der Waals surface area contributed by atoms with Crippen molar-refractivity contribution in [2.45, 2.75) is 37.8 Å². The van der Waals surface area contributed by atoms with Crippen molar-refractivity contribution in [3.05, 3.63) is 58.3 Å². The van der Waals surface area contributed by atoms with Crippen LogP contribution >= 0.6 is 35.3 Å². The van der Waals surface area contributed by atoms with E-state index in [1.165, 1.54) is 30.4 Å². The van der Waals surface area contributed by atoms with Crippen LogP contribution in [0.15, 0.2) is 52.2 Å². The molecule has 2 fully saturated rings. The normalized spacial score (nSPS) is 23.1. The number of thiophene rings is 1. The maximum absolute atomic E-state index is 4.44. The smallest absolute Gasteiger partial charge is 0.191 e. The lowest BCUT2D eigenvalue weighted by Crippen LogP contribution is -2.48. The summed E-state index contributed by atoms with van der Waals surface area (Å²) in [5.41, 5.74) is 2.92. The molecule has 1 saturated carbocycles. The van der Waals surface area contributed by atoms with Crippen molar-refractivity contribution in [3.8, 4) is 0 Å². The summed E-state index contributed by atoms with van der Waals surface area (Å²) in [4.78, 5) is 7.00. The molecule has 2 aliphatic rings. The van der Waals surface area contributed by atoms with Gasteiger partial charge in [0, 0.05) is 39.3 Å². The molecule has 1 aliphatic carbocycles. The fraction of sp³-hybridized carbons (Fsp3) is 0.500. The fourth-order valence-corrected chi connectivity index (χ4v) is 4.73. The molecule has 4 rings (SSSR count). The van der Waals surface area contributed by atoms with Crippen LogP contribution in [-0.2, 0) is 6.54 Å². The third kappa shape index (κ3) is 5.94. The van der Waals surface area contributed by atoms with E-state index >= 15 is 0 Å². The SMILES string of the molecule is CN=C(NCC1CC1c1ccccc1)NC1CCN(Cc2ccsc2)CC1.I. The lowest BCUT2D eigenvalue weighted by Gasteiger charge is -2.33. The van der Waals surface area contributed by atoms with E-state index in [1.807, 2.05) is 7.05 Å². The minimum Gasteiger partial charge on any atom is -0.356 e. The topological polar surface area (TPSA) is 39.7 Å². The molecule has 1 saturated heterocycles. The number of hydrogen-bond donors (Lipinski definition) is 2. The van der Waals surface area contributed by atoms with Crippen LogP contribution < -0.4 is 10.6 Å². The number of halogens is 1. The van der Waals surface area contributed by atoms with Crippen LogP contribution in [0.4, 0.5) is 0 Å². The van der Waals surface area contributed by atoms with Gasteiger partial charge in [0.1, 0.15) is 0 Å². The van der Waals surface area contributed by atoms with Crippen LogP contribution in [0, 0.1) is 5.92 Å². The minimum absolute atomic E-state index is 0. The van der Waals surface area contributed by atoms with E-state index in [9.17, 15) is 0 Å². The highest BCUT2D eigenvalue weighted by Crippen LogP contribution is 2.46. The predicted octanol–water partition coefficient (Wildman–Crippen LogP) is 4.30. The van der Waals surface area contributed by atoms with E-state index < -0.39 is 0 Å². The average Bonchev–Trinajstić information content (AvgIpc) is 3.32. The zero-order valence-electron chi connectivity index (χ0n) is 16.5. The number of nitrogens with zero attached hydrogens (tertiary/aromatic N) is 2. The Morgan fingerprint density at radius 2 is 1.96 bits per heavy atom. The van der Waals surface area contributed by atoms with Crippen molar-refractivity contribution >= 4 is 41.3 Å². The maximum Gasteiger partial charge on any atom is 0.191 e. The van der Waals surface area contributed by atoms with Gasteiger partial charge in [0.05, 0.1) is 0 Å². The Hall–Kier alpha value is -1.12. The van der Waals surface area contributed by atoms with Crippen LogP contribution in [0.1, 0.15) is 36.3 Å². The molecule has 2 atom stereocenters. The van der Waals surface area contributed by atoms with Crippen molar-refractivity contribution in [3.63, 3.8) is 0 Å². The van der Waals surface area contributed by atoms with Crippen molar-refractivity contribution in [2.24, 2.45) is 10.9 Å². The summed E-state index contributed by atoms with van der Waals surface area (Å²) in [6.07, 6.45) is 3.65. The number of likely N-dealkylation sites (tertiary alicyclic amines) is 1. The average molecular weight is 510 g/mol. The van der Waals surface area contributed by atoms with Gasteiger partial charge in [-0.1, -0.05) is 30.3 Å². The number of benzene rings is 1. The van der Waals surface area contributed by atoms with Crippen molar-refractivity contribution in [1.82, 2.24) is 15.5 Å². The number of guanidine groups is 1. The van der Waals surface area contributed by atoms with Gasteiger partial charge in [-0.15, -0.1) is 24.0 Å². The van der Waals surface area contributed by atoms with Crippen molar-refractivity contribution in [1.29, 1.82) is 0 Å². The first-order valence-corrected chi connectivity index (χ1v) is 11.0. The molecule has 6 heteroatoms. The molecule has 2 aromatic rings. The van der Waals surface area contributed by atoms with Crippen LogP contribution in [0.2, 0.25) is 0 Å². The Kier molecular flexibility index (Phi) is 8.17. The number of rotatable bonds is 6. The van der Waals surface area contributed by atoms with Gasteiger partial charge in [-0.3, -0.25) is 9.89 Å². The molecule has 0 amide bonds. The van der Waals surface area contributed by atoms with E-state index in [4.69, 9.17) is 0 Å². The molecule has 2 N–H and O–H groups in total. The Labute approximate surface area is 189 Å². The molecule has 2 unspecified atom stereocenters. The highest BCUT2D eigenvalue weighted by molar-refractivity contribution is 14.0. The number of hydrogen-bond acceptors (Lipinski definition) is 3. The lowest BCUT2D eigenvalue weighted by atomic mass is 10.0. The predicted molar refractivity (Wildman–Crippen MR) is 130 cm³/mol. The Bertz CT molecular complexity index is 726. The molecule has 0 spiro atoms. The summed E-state index contributed by atoms with van der Waals surface area (Å²) in [6.45, 7) is 4.41. The van der Waals surface area contributed by atoms with E-state index in [-0.39, 0.29) is 24.0 Å². The van der Waals surface area contributed by atoms with Crippen LogP contribution in [-0.4, -0.2) is 43.6 Å². The van der Waals surface area contributed by atoms with Crippen LogP contribution in [0.25, 0.3) is 0 Å². The van der Waals surface area contributed by atoms with E-state index in [0.29, 0.717) is 6.04 Å². The Balaban J connectivity index is 0.00000225. The molecule has 4 nitrogen and oxygen atoms in total. The molecule has 0 radical (unpaired) electrons. The molecular weight excluding hydrogens is 479 g/mol. The Morgan fingerprint density at radius 3 is 2.64 bits per heavy atom. The second kappa shape index (κ2) is 10.6. The van der Waals surface area contributed by atoms with Crippen LogP contribution in [0.5, 0.6) is 0 Å². The third-order valence-electron chi connectivity index (χ3n) is 5.82. The summed E-state index contributed by atoms with van der Waals surface area (Å²) in [6, 6.07) is 13.6. The molecule has 1 aliphatic heterocycles. The van der Waals surface area contributed by atoms with E-state index in [1.54, 1.807) is 11.3 Å². The number of piperidine rings is 1. The third-order valence-corrected chi connectivity index (χ3v) is 6.55. The first kappa shape index (κ1) is 21.6. The number of nitrogens with one attached hydrogen (secondary N) is 2. The summed E-state index contributed by atoms with van der Waals surface area (Å²) >= 11 is 1.79. The zero-order chi connectivity index (χ0) is 18.5. The summed E-state index contributed by atoms with van der Waals surface area (Å²) in [7, 11) is 1.88. The fourth-order valence-electron chi connectivity index (χ4n) is 4.07. The standard InChI is InChI=1S/C22H30N4S.HI/c1-23-22(24-14-19-13-21(19)18-5-3-2-4-6-18)25-20-7-10-26(11-8-20)15-17-9-12-27-16-17;/h2-6,9,12,16,19-21H,7-8,10-11,13-15H2,1H3,(H2,23,24,25);1H. The maximum atomic E-state index is 4.44. The number of aliphatic imine (C=N–C) groups is 1. The van der Waals surface area contributed by atoms with Crippen molar-refractivity contribution < 1.29 is 0 Å². The molecule has 1 aromatic carbocycles. The van der Waals surface area contributed by atoms with E-state index in [0.717, 1.165) is 44.0 Å². The summed E-state index contributed by atoms with van der Waals surface area (Å²) in [5.74, 6) is 2.42. The second-order valence-corrected chi connectivity index (χ2v) is 8.57. The van der Waals surface area contributed by atoms with Gasteiger partial charge in [-0.2, -0.15) is 11.3 Å². The largest absolute Gasteiger partial charge is 0.356 e. The van der Waals surface area contributed by atoms with E-state index in [2.05, 4.69) is 67.7 Å². The van der Waals surface area contributed by atoms with Gasteiger partial charge in [-0.05, 0) is 59.1 Å². The summed E-state index contributed by atoms with van der Waals surface area (Å²) < 4.78 is 0. The van der Waals surface area contributed by atoms with Crippen molar-refractivity contribution in [2.75, 3.05) is 26.7 Å². The van der Waals surface area contributed by atoms with Gasteiger partial charge in [0.15, 0.2) is 5.96 Å². The molecule has 152 valence electrons. The molecule has 28 heavy (non-hydrogen) atoms. The van der Waals surface area contributed by atoms with Crippen LogP contribution in [0.3, 0.4) is 0 Å². The van der Waals surface area contributed by atoms with Gasteiger partial charge in [-0.25, -0.2) is 0 Å². The summed E-state index contributed by atoms with van der Waals surface area (Å²) in [5, 5.41) is 11.6. The monoisotopic (exact) mass is 510 g/mol. The highest BCUT2D eigenvalue weighted by atomic mass is 127.